The minimum atomic E-state index is -2.28. The number of carboxylic acid groups (broad SMARTS) is 2. The summed E-state index contributed by atoms with van der Waals surface area (Å²) in [5.74, 6) is -3.42. The molecule has 0 atom stereocenters. The summed E-state index contributed by atoms with van der Waals surface area (Å²) in [5, 5.41) is 19.0. The molecule has 11 heteroatoms. The van der Waals surface area contributed by atoms with Crippen molar-refractivity contribution in [3.8, 4) is 0 Å². The van der Waals surface area contributed by atoms with Crippen molar-refractivity contribution in [3.05, 3.63) is 0 Å². The number of carbonyl (C=O) groups excluding carboxylic acids is 2. The minimum Gasteiger partial charge on any atom is -0.545 e. The Hall–Kier alpha value is 1.20. The Morgan fingerprint density at radius 2 is 0.800 bits per heavy atom. The van der Waals surface area contributed by atoms with Crippen molar-refractivity contribution in [1.29, 1.82) is 0 Å². The Balaban J connectivity index is -0.000000180. The predicted molar refractivity (Wildman–Crippen MR) is 50.6 cm³/mol. The van der Waals surface area contributed by atoms with Crippen molar-refractivity contribution in [2.24, 2.45) is 0 Å². The molecular formula is C4Cl6MnO4. The summed E-state index contributed by atoms with van der Waals surface area (Å²) in [4.78, 5) is 19.0. The van der Waals surface area contributed by atoms with Crippen LogP contribution in [0.1, 0.15) is 0 Å². The summed E-state index contributed by atoms with van der Waals surface area (Å²) in [6.07, 6.45) is 0. The molecule has 1 radical (unpaired) electrons. The average Bonchev–Trinajstić information content (AvgIpc) is 1.83. The Labute approximate surface area is 125 Å². The fourth-order valence-electron chi connectivity index (χ4n) is 0. The van der Waals surface area contributed by atoms with Gasteiger partial charge >= 0.3 is 17.1 Å². The predicted octanol–water partition coefficient (Wildman–Crippen LogP) is 0.210. The zero-order valence-electron chi connectivity index (χ0n) is 6.28. The number of halogens is 6. The first-order valence-corrected chi connectivity index (χ1v) is 4.72. The zero-order valence-corrected chi connectivity index (χ0v) is 12.0. The monoisotopic (exact) mass is 377 g/mol. The summed E-state index contributed by atoms with van der Waals surface area (Å²) in [6, 6.07) is 0. The van der Waals surface area contributed by atoms with Crippen LogP contribution in [0.3, 0.4) is 0 Å². The third-order valence-electron chi connectivity index (χ3n) is 0.463. The van der Waals surface area contributed by atoms with E-state index >= 15 is 0 Å². The van der Waals surface area contributed by atoms with Gasteiger partial charge < -0.3 is 19.8 Å². The van der Waals surface area contributed by atoms with Gasteiger partial charge in [-0.25, -0.2) is 0 Å². The van der Waals surface area contributed by atoms with E-state index in [0.29, 0.717) is 0 Å². The van der Waals surface area contributed by atoms with Crippen LogP contribution < -0.4 is 10.2 Å². The molecule has 4 nitrogen and oxygen atoms in total. The number of rotatable bonds is 0. The van der Waals surface area contributed by atoms with Crippen LogP contribution in [0.5, 0.6) is 0 Å². The molecule has 0 aliphatic heterocycles. The van der Waals surface area contributed by atoms with Gasteiger partial charge in [0.25, 0.3) is 0 Å². The van der Waals surface area contributed by atoms with Gasteiger partial charge in [0.1, 0.15) is 0 Å². The second-order valence-electron chi connectivity index (χ2n) is 1.57. The summed E-state index contributed by atoms with van der Waals surface area (Å²) in [6.45, 7) is 0. The van der Waals surface area contributed by atoms with Gasteiger partial charge in [-0.05, 0) is 0 Å². The maximum Gasteiger partial charge on any atom is 2.00 e. The van der Waals surface area contributed by atoms with Gasteiger partial charge in [0.15, 0.2) is 0 Å². The van der Waals surface area contributed by atoms with Crippen LogP contribution in [0.15, 0.2) is 0 Å². The number of hydrogen-bond donors (Lipinski definition) is 0. The van der Waals surface area contributed by atoms with Gasteiger partial charge in [-0.15, -0.1) is 0 Å². The molecule has 89 valence electrons. The van der Waals surface area contributed by atoms with Crippen molar-refractivity contribution < 1.29 is 36.9 Å². The fraction of sp³-hybridized carbons (Fsp3) is 0.500. The standard InChI is InChI=1S/2C2HCl3O2.Mn/c2*3-2(4,5)1(6)7;/h2*(H,6,7);/q;;+2/p-2. The molecule has 0 N–H and O–H groups in total. The molecule has 0 rings (SSSR count). The van der Waals surface area contributed by atoms with E-state index in [1.807, 2.05) is 0 Å². The van der Waals surface area contributed by atoms with E-state index in [1.54, 1.807) is 0 Å². The van der Waals surface area contributed by atoms with E-state index in [2.05, 4.69) is 0 Å². The number of alkyl halides is 6. The Morgan fingerprint density at radius 1 is 0.733 bits per heavy atom. The first-order chi connectivity index (χ1) is 5.89. The third kappa shape index (κ3) is 15.2. The van der Waals surface area contributed by atoms with Gasteiger partial charge in [-0.2, -0.15) is 0 Å². The van der Waals surface area contributed by atoms with E-state index < -0.39 is 19.5 Å². The van der Waals surface area contributed by atoms with E-state index in [1.165, 1.54) is 0 Å². The van der Waals surface area contributed by atoms with E-state index in [-0.39, 0.29) is 17.1 Å². The molecule has 0 aliphatic rings. The molecule has 0 aromatic rings. The molecular weight excluding hydrogens is 380 g/mol. The summed E-state index contributed by atoms with van der Waals surface area (Å²) in [5.41, 5.74) is 0. The normalized spacial score (nSPS) is 10.5. The van der Waals surface area contributed by atoms with E-state index in [9.17, 15) is 19.8 Å². The SMILES string of the molecule is O=C([O-])C(Cl)(Cl)Cl.O=C([O-])C(Cl)(Cl)Cl.[Mn+2]. The van der Waals surface area contributed by atoms with E-state index in [4.69, 9.17) is 69.6 Å². The summed E-state index contributed by atoms with van der Waals surface area (Å²) < 4.78 is -4.56. The molecule has 0 spiro atoms. The molecule has 0 heterocycles. The van der Waals surface area contributed by atoms with Crippen LogP contribution in [-0.4, -0.2) is 19.5 Å². The summed E-state index contributed by atoms with van der Waals surface area (Å²) >= 11 is 28.4. The Morgan fingerprint density at radius 3 is 0.800 bits per heavy atom. The minimum absolute atomic E-state index is 0. The zero-order chi connectivity index (χ0) is 12.2. The molecule has 15 heavy (non-hydrogen) atoms. The quantitative estimate of drug-likeness (QED) is 0.445. The summed E-state index contributed by atoms with van der Waals surface area (Å²) in [7, 11) is 0. The van der Waals surface area contributed by atoms with Gasteiger partial charge in [-0.1, -0.05) is 69.6 Å². The van der Waals surface area contributed by atoms with Crippen LogP contribution in [0, 0.1) is 0 Å². The fourth-order valence-corrected chi connectivity index (χ4v) is 0. The first-order valence-electron chi connectivity index (χ1n) is 2.45. The largest absolute Gasteiger partial charge is 2.00 e. The molecule has 0 aliphatic carbocycles. The Bertz CT molecular complexity index is 196. The molecule has 0 aromatic heterocycles. The number of aliphatic carboxylic acids is 2. The van der Waals surface area contributed by atoms with Crippen molar-refractivity contribution in [2.75, 3.05) is 0 Å². The molecule has 0 unspecified atom stereocenters. The van der Waals surface area contributed by atoms with Crippen LogP contribution in [0.25, 0.3) is 0 Å². The third-order valence-corrected chi connectivity index (χ3v) is 1.39. The maximum atomic E-state index is 9.51. The second kappa shape index (κ2) is 8.31. The average molecular weight is 380 g/mol. The smallest absolute Gasteiger partial charge is 0.545 e. The van der Waals surface area contributed by atoms with Gasteiger partial charge in [0.05, 0.1) is 11.9 Å². The van der Waals surface area contributed by atoms with Crippen LogP contribution >= 0.6 is 69.6 Å². The molecule has 0 fully saturated rings. The van der Waals surface area contributed by atoms with Crippen molar-refractivity contribution >= 4 is 81.5 Å². The van der Waals surface area contributed by atoms with Crippen LogP contribution in [-0.2, 0) is 26.7 Å². The van der Waals surface area contributed by atoms with Crippen LogP contribution in [0.4, 0.5) is 0 Å². The number of carboxylic acids is 2. The van der Waals surface area contributed by atoms with Crippen LogP contribution in [0.2, 0.25) is 0 Å². The number of carbonyl (C=O) groups is 2. The first kappa shape index (κ1) is 21.5. The maximum absolute atomic E-state index is 9.51. The number of hydrogen-bond acceptors (Lipinski definition) is 4. The van der Waals surface area contributed by atoms with Crippen molar-refractivity contribution in [3.63, 3.8) is 0 Å². The molecule has 0 bridgehead atoms. The van der Waals surface area contributed by atoms with Gasteiger partial charge in [-0.3, -0.25) is 0 Å². The molecule has 0 saturated heterocycles. The van der Waals surface area contributed by atoms with Gasteiger partial charge in [0.2, 0.25) is 7.59 Å². The van der Waals surface area contributed by atoms with E-state index in [0.717, 1.165) is 0 Å². The second-order valence-corrected chi connectivity index (χ2v) is 6.13. The van der Waals surface area contributed by atoms with Crippen molar-refractivity contribution in [2.45, 2.75) is 7.59 Å². The topological polar surface area (TPSA) is 80.3 Å². The molecule has 0 amide bonds. The molecule has 0 aromatic carbocycles. The molecule has 0 saturated carbocycles. The Kier molecular flexibility index (Phi) is 11.9. The van der Waals surface area contributed by atoms with Gasteiger partial charge in [0, 0.05) is 0 Å². The van der Waals surface area contributed by atoms with Crippen molar-refractivity contribution in [1.82, 2.24) is 0 Å².